The molecule has 0 aliphatic carbocycles. The number of hydrogen-bond acceptors (Lipinski definition) is 4. The summed E-state index contributed by atoms with van der Waals surface area (Å²) in [6, 6.07) is 13.1. The van der Waals surface area contributed by atoms with Crippen molar-refractivity contribution in [3.63, 3.8) is 0 Å². The summed E-state index contributed by atoms with van der Waals surface area (Å²) in [7, 11) is 3.00. The van der Waals surface area contributed by atoms with Gasteiger partial charge in [0.1, 0.15) is 11.5 Å². The molecule has 0 spiro atoms. The zero-order valence-corrected chi connectivity index (χ0v) is 23.5. The van der Waals surface area contributed by atoms with Gasteiger partial charge in [0.15, 0.2) is 13.6 Å². The van der Waals surface area contributed by atoms with Crippen LogP contribution >= 0.6 is 9.24 Å². The van der Waals surface area contributed by atoms with Crippen LogP contribution in [0.25, 0.3) is 0 Å². The molecule has 1 unspecified atom stereocenters. The van der Waals surface area contributed by atoms with E-state index in [2.05, 4.69) is 84.9 Å². The molecule has 0 aliphatic heterocycles. The van der Waals surface area contributed by atoms with Gasteiger partial charge >= 0.3 is 0 Å². The first-order valence-electron chi connectivity index (χ1n) is 10.8. The Morgan fingerprint density at radius 3 is 1.39 bits per heavy atom. The van der Waals surface area contributed by atoms with E-state index in [-0.39, 0.29) is 19.5 Å². The van der Waals surface area contributed by atoms with E-state index in [1.807, 2.05) is 0 Å². The molecule has 0 heterocycles. The van der Waals surface area contributed by atoms with Crippen LogP contribution in [0.5, 0.6) is 11.5 Å². The van der Waals surface area contributed by atoms with Gasteiger partial charge in [-0.15, -0.1) is 9.24 Å². The van der Waals surface area contributed by atoms with Gasteiger partial charge in [0.05, 0.1) is 16.1 Å². The molecule has 0 aliphatic rings. The first-order valence-corrected chi connectivity index (χ1v) is 18.6. The summed E-state index contributed by atoms with van der Waals surface area (Å²) in [6.45, 7) is 14.6. The van der Waals surface area contributed by atoms with Crippen molar-refractivity contribution in [2.75, 3.05) is 34.0 Å². The van der Waals surface area contributed by atoms with Crippen molar-refractivity contribution >= 4 is 35.8 Å². The van der Waals surface area contributed by atoms with Crippen LogP contribution in [-0.4, -0.2) is 50.1 Å². The zero-order chi connectivity index (χ0) is 23.2. The third kappa shape index (κ3) is 6.42. The van der Waals surface area contributed by atoms with Gasteiger partial charge in [-0.2, -0.15) is 0 Å². The summed E-state index contributed by atoms with van der Waals surface area (Å²) in [5.41, 5.74) is 2.36. The summed E-state index contributed by atoms with van der Waals surface area (Å²) in [4.78, 5) is 0. The molecule has 0 amide bonds. The smallest absolute Gasteiger partial charge is 0.188 e. The van der Waals surface area contributed by atoms with E-state index in [1.54, 1.807) is 14.2 Å². The van der Waals surface area contributed by atoms with Crippen LogP contribution in [0.4, 0.5) is 0 Å². The van der Waals surface area contributed by atoms with E-state index in [9.17, 15) is 0 Å². The minimum Gasteiger partial charge on any atom is -0.467 e. The monoisotopic (exact) mass is 478 g/mol. The Bertz CT molecular complexity index is 790. The zero-order valence-electron chi connectivity index (χ0n) is 20.4. The molecule has 0 N–H and O–H groups in total. The van der Waals surface area contributed by atoms with Crippen molar-refractivity contribution in [3.8, 4) is 11.5 Å². The van der Waals surface area contributed by atoms with E-state index in [1.165, 1.54) is 21.5 Å². The molecule has 2 aromatic rings. The quantitative estimate of drug-likeness (QED) is 0.265. The van der Waals surface area contributed by atoms with Gasteiger partial charge in [-0.05, 0) is 16.5 Å². The van der Waals surface area contributed by atoms with Crippen LogP contribution in [0, 0.1) is 0 Å². The molecule has 0 aromatic heterocycles. The number of rotatable bonds is 11. The SMILES string of the molecule is COCOc1c(C(CP)c2cccc([Si](C)(C)C)c2OCOC)cccc1[Si](C)(C)C. The lowest BCUT2D eigenvalue weighted by molar-refractivity contribution is 0.0502. The summed E-state index contributed by atoms with van der Waals surface area (Å²) < 4.78 is 23.0. The van der Waals surface area contributed by atoms with E-state index >= 15 is 0 Å². The Kier molecular flexibility index (Phi) is 9.34. The highest BCUT2D eigenvalue weighted by atomic mass is 31.0. The summed E-state index contributed by atoms with van der Waals surface area (Å²) in [6.07, 6.45) is 0.858. The van der Waals surface area contributed by atoms with E-state index in [4.69, 9.17) is 18.9 Å². The number of ether oxygens (including phenoxy) is 4. The third-order valence-electron chi connectivity index (χ3n) is 5.34. The lowest BCUT2D eigenvalue weighted by Gasteiger charge is -2.29. The first-order chi connectivity index (χ1) is 14.6. The highest BCUT2D eigenvalue weighted by Crippen LogP contribution is 2.38. The first kappa shape index (κ1) is 26.1. The minimum atomic E-state index is -1.63. The fraction of sp³-hybridized carbons (Fsp3) is 0.500. The Morgan fingerprint density at radius 2 is 1.10 bits per heavy atom. The molecule has 7 heteroatoms. The maximum atomic E-state index is 6.21. The van der Waals surface area contributed by atoms with E-state index in [0.717, 1.165) is 17.7 Å². The number of methoxy groups -OCH3 is 2. The van der Waals surface area contributed by atoms with Gasteiger partial charge in [0, 0.05) is 31.3 Å². The molecule has 0 bridgehead atoms. The largest absolute Gasteiger partial charge is 0.467 e. The number of hydrogen-bond donors (Lipinski definition) is 0. The van der Waals surface area contributed by atoms with Gasteiger partial charge in [-0.1, -0.05) is 75.7 Å². The standard InChI is InChI=1S/C24H39O4PSi2/c1-25-16-27-23-18(11-9-13-21(23)30(3,4)5)20(15-29)19-12-10-14-22(31(6,7)8)24(19)28-17-26-2/h9-14,20H,15-17,29H2,1-8H3. The predicted molar refractivity (Wildman–Crippen MR) is 140 cm³/mol. The molecule has 0 saturated heterocycles. The van der Waals surface area contributed by atoms with Gasteiger partial charge < -0.3 is 18.9 Å². The van der Waals surface area contributed by atoms with E-state index in [0.29, 0.717) is 0 Å². The minimum absolute atomic E-state index is 0.122. The van der Waals surface area contributed by atoms with E-state index < -0.39 is 16.1 Å². The summed E-state index contributed by atoms with van der Waals surface area (Å²) in [5.74, 6) is 2.05. The van der Waals surface area contributed by atoms with Gasteiger partial charge in [0.25, 0.3) is 0 Å². The second-order valence-corrected chi connectivity index (χ2v) is 20.4. The highest BCUT2D eigenvalue weighted by molar-refractivity contribution is 7.16. The van der Waals surface area contributed by atoms with Crippen molar-refractivity contribution < 1.29 is 18.9 Å². The Labute approximate surface area is 192 Å². The predicted octanol–water partition coefficient (Wildman–Crippen LogP) is 4.75. The molecule has 0 saturated carbocycles. The molecule has 2 aromatic carbocycles. The van der Waals surface area contributed by atoms with Crippen LogP contribution in [-0.2, 0) is 9.47 Å². The molecular weight excluding hydrogens is 439 g/mol. The Hall–Kier alpha value is -1.18. The summed E-state index contributed by atoms with van der Waals surface area (Å²) in [5, 5.41) is 2.62. The van der Waals surface area contributed by atoms with Crippen LogP contribution in [0.15, 0.2) is 36.4 Å². The molecular formula is C24H39O4PSi2. The van der Waals surface area contributed by atoms with Gasteiger partial charge in [0.2, 0.25) is 0 Å². The Morgan fingerprint density at radius 1 is 0.710 bits per heavy atom. The maximum Gasteiger partial charge on any atom is 0.188 e. The van der Waals surface area contributed by atoms with Crippen molar-refractivity contribution in [2.24, 2.45) is 0 Å². The molecule has 1 atom stereocenters. The van der Waals surface area contributed by atoms with Crippen LogP contribution < -0.4 is 19.8 Å². The third-order valence-corrected chi connectivity index (χ3v) is 9.83. The number of benzene rings is 2. The molecule has 31 heavy (non-hydrogen) atoms. The lowest BCUT2D eigenvalue weighted by atomic mass is 9.91. The van der Waals surface area contributed by atoms with Crippen LogP contribution in [0.2, 0.25) is 39.3 Å². The molecule has 172 valence electrons. The van der Waals surface area contributed by atoms with Gasteiger partial charge in [-0.25, -0.2) is 0 Å². The molecule has 4 nitrogen and oxygen atoms in total. The van der Waals surface area contributed by atoms with Crippen LogP contribution in [0.3, 0.4) is 0 Å². The molecule has 2 rings (SSSR count). The second kappa shape index (κ2) is 11.1. The fourth-order valence-electron chi connectivity index (χ4n) is 3.82. The van der Waals surface area contributed by atoms with Crippen molar-refractivity contribution in [2.45, 2.75) is 45.2 Å². The topological polar surface area (TPSA) is 36.9 Å². The van der Waals surface area contributed by atoms with Crippen LogP contribution in [0.1, 0.15) is 17.0 Å². The highest BCUT2D eigenvalue weighted by Gasteiger charge is 2.30. The van der Waals surface area contributed by atoms with Crippen molar-refractivity contribution in [3.05, 3.63) is 47.5 Å². The molecule has 0 radical (unpaired) electrons. The van der Waals surface area contributed by atoms with Crippen molar-refractivity contribution in [1.29, 1.82) is 0 Å². The molecule has 0 fully saturated rings. The lowest BCUT2D eigenvalue weighted by Crippen LogP contribution is -2.40. The summed E-state index contributed by atoms with van der Waals surface area (Å²) >= 11 is 0. The maximum absolute atomic E-state index is 6.21. The average molecular weight is 479 g/mol. The Balaban J connectivity index is 2.74. The fourth-order valence-corrected chi connectivity index (χ4v) is 7.31. The average Bonchev–Trinajstić information content (AvgIpc) is 2.70. The van der Waals surface area contributed by atoms with Crippen molar-refractivity contribution in [1.82, 2.24) is 0 Å². The second-order valence-electron chi connectivity index (χ2n) is 9.84. The van der Waals surface area contributed by atoms with Gasteiger partial charge in [-0.3, -0.25) is 0 Å². The number of para-hydroxylation sites is 2. The normalized spacial score (nSPS) is 12.3.